The second kappa shape index (κ2) is 7.98. The van der Waals surface area contributed by atoms with Crippen molar-refractivity contribution in [2.24, 2.45) is 0 Å². The van der Waals surface area contributed by atoms with Gasteiger partial charge in [0.1, 0.15) is 5.01 Å². The second-order valence-corrected chi connectivity index (χ2v) is 8.43. The van der Waals surface area contributed by atoms with Crippen molar-refractivity contribution in [1.29, 1.82) is 0 Å². The van der Waals surface area contributed by atoms with Gasteiger partial charge in [-0.3, -0.25) is 10.1 Å². The van der Waals surface area contributed by atoms with E-state index in [1.807, 2.05) is 37.3 Å². The molecule has 1 aliphatic heterocycles. The number of nitrogens with one attached hydrogen (secondary N) is 2. The number of hydrogen-bond donors (Lipinski definition) is 2. The highest BCUT2D eigenvalue weighted by Gasteiger charge is 2.17. The van der Waals surface area contributed by atoms with Gasteiger partial charge in [-0.15, -0.1) is 11.3 Å². The van der Waals surface area contributed by atoms with Gasteiger partial charge in [-0.2, -0.15) is 0 Å². The number of carbonyl (C=O) groups is 1. The molecule has 6 nitrogen and oxygen atoms in total. The van der Waals surface area contributed by atoms with Gasteiger partial charge in [0, 0.05) is 16.8 Å². The number of thiazole rings is 1. The van der Waals surface area contributed by atoms with Crippen LogP contribution >= 0.6 is 23.6 Å². The minimum Gasteiger partial charge on any atom is -0.454 e. The minimum atomic E-state index is -0.320. The number of thiocarbonyl (C=S) groups is 1. The average molecular weight is 448 g/mol. The highest BCUT2D eigenvalue weighted by Crippen LogP contribution is 2.33. The van der Waals surface area contributed by atoms with E-state index in [9.17, 15) is 4.79 Å². The molecule has 1 aromatic heterocycles. The number of anilines is 1. The third-order valence-corrected chi connectivity index (χ3v) is 6.17. The lowest BCUT2D eigenvalue weighted by atomic mass is 10.1. The molecule has 0 saturated heterocycles. The molecule has 8 heteroatoms. The van der Waals surface area contributed by atoms with Gasteiger partial charge in [-0.1, -0.05) is 12.1 Å². The second-order valence-electron chi connectivity index (χ2n) is 6.99. The van der Waals surface area contributed by atoms with E-state index >= 15 is 0 Å². The Morgan fingerprint density at radius 3 is 2.74 bits per heavy atom. The molecule has 0 unspecified atom stereocenters. The topological polar surface area (TPSA) is 72.5 Å². The number of amides is 1. The van der Waals surface area contributed by atoms with Crippen LogP contribution in [0.15, 0.2) is 60.7 Å². The number of rotatable bonds is 3. The first-order chi connectivity index (χ1) is 15.1. The summed E-state index contributed by atoms with van der Waals surface area (Å²) in [5, 5.41) is 6.98. The van der Waals surface area contributed by atoms with Crippen LogP contribution in [0.1, 0.15) is 15.9 Å². The third-order valence-electron chi connectivity index (χ3n) is 4.88. The molecule has 0 saturated carbocycles. The van der Waals surface area contributed by atoms with Crippen molar-refractivity contribution in [2.45, 2.75) is 6.92 Å². The monoisotopic (exact) mass is 447 g/mol. The molecular formula is C23H17N3O3S2. The SMILES string of the molecule is Cc1cc(-c2nc3ccccc3s2)ccc1NC(=S)NC(=O)c1ccc2c(c1)OCO2. The Balaban J connectivity index is 1.28. The molecule has 2 N–H and O–H groups in total. The van der Waals surface area contributed by atoms with Crippen molar-refractivity contribution in [3.05, 3.63) is 71.8 Å². The van der Waals surface area contributed by atoms with Gasteiger partial charge in [0.2, 0.25) is 6.79 Å². The summed E-state index contributed by atoms with van der Waals surface area (Å²) in [7, 11) is 0. The lowest BCUT2D eigenvalue weighted by molar-refractivity contribution is 0.0977. The first-order valence-corrected chi connectivity index (χ1v) is 10.8. The van der Waals surface area contributed by atoms with Crippen LogP contribution in [-0.2, 0) is 0 Å². The first kappa shape index (κ1) is 19.5. The molecule has 3 aromatic carbocycles. The molecule has 0 radical (unpaired) electrons. The molecule has 5 rings (SSSR count). The average Bonchev–Trinajstić information content (AvgIpc) is 3.41. The summed E-state index contributed by atoms with van der Waals surface area (Å²) in [6.07, 6.45) is 0. The van der Waals surface area contributed by atoms with Crippen molar-refractivity contribution in [2.75, 3.05) is 12.1 Å². The third kappa shape index (κ3) is 3.95. The maximum absolute atomic E-state index is 12.5. The van der Waals surface area contributed by atoms with Crippen LogP contribution in [0.5, 0.6) is 11.5 Å². The summed E-state index contributed by atoms with van der Waals surface area (Å²) in [4.78, 5) is 17.2. The summed E-state index contributed by atoms with van der Waals surface area (Å²) >= 11 is 6.99. The Labute approximate surface area is 187 Å². The van der Waals surface area contributed by atoms with Crippen LogP contribution in [0.3, 0.4) is 0 Å². The Morgan fingerprint density at radius 2 is 1.90 bits per heavy atom. The molecule has 0 aliphatic carbocycles. The zero-order valence-corrected chi connectivity index (χ0v) is 18.1. The summed E-state index contributed by atoms with van der Waals surface area (Å²) < 4.78 is 11.7. The molecular weight excluding hydrogens is 430 g/mol. The van der Waals surface area contributed by atoms with E-state index in [-0.39, 0.29) is 17.8 Å². The van der Waals surface area contributed by atoms with E-state index in [0.717, 1.165) is 32.0 Å². The Hall–Kier alpha value is -3.49. The molecule has 2 heterocycles. The quantitative estimate of drug-likeness (QED) is 0.425. The predicted molar refractivity (Wildman–Crippen MR) is 126 cm³/mol. The minimum absolute atomic E-state index is 0.159. The maximum Gasteiger partial charge on any atom is 0.257 e. The van der Waals surface area contributed by atoms with E-state index in [4.69, 9.17) is 26.7 Å². The van der Waals surface area contributed by atoms with Crippen LogP contribution < -0.4 is 20.1 Å². The highest BCUT2D eigenvalue weighted by atomic mass is 32.1. The van der Waals surface area contributed by atoms with E-state index in [2.05, 4.69) is 22.8 Å². The van der Waals surface area contributed by atoms with Crippen molar-refractivity contribution in [3.8, 4) is 22.1 Å². The van der Waals surface area contributed by atoms with Crippen molar-refractivity contribution < 1.29 is 14.3 Å². The van der Waals surface area contributed by atoms with E-state index in [0.29, 0.717) is 17.1 Å². The van der Waals surface area contributed by atoms with Gasteiger partial charge in [0.25, 0.3) is 5.91 Å². The molecule has 4 aromatic rings. The molecule has 1 amide bonds. The van der Waals surface area contributed by atoms with Gasteiger partial charge < -0.3 is 14.8 Å². The predicted octanol–water partition coefficient (Wildman–Crippen LogP) is 5.13. The molecule has 31 heavy (non-hydrogen) atoms. The van der Waals surface area contributed by atoms with E-state index in [1.165, 1.54) is 0 Å². The summed E-state index contributed by atoms with van der Waals surface area (Å²) in [5.41, 5.74) is 4.29. The maximum atomic E-state index is 12.5. The van der Waals surface area contributed by atoms with E-state index < -0.39 is 0 Å². The van der Waals surface area contributed by atoms with Crippen LogP contribution in [0, 0.1) is 6.92 Å². The van der Waals surface area contributed by atoms with Gasteiger partial charge >= 0.3 is 0 Å². The molecule has 154 valence electrons. The zero-order chi connectivity index (χ0) is 21.4. The number of fused-ring (bicyclic) bond motifs is 2. The van der Waals surface area contributed by atoms with Gasteiger partial charge in [0.05, 0.1) is 10.2 Å². The molecule has 0 bridgehead atoms. The zero-order valence-electron chi connectivity index (χ0n) is 16.5. The Morgan fingerprint density at radius 1 is 1.06 bits per heavy atom. The van der Waals surface area contributed by atoms with Gasteiger partial charge in [-0.25, -0.2) is 4.98 Å². The van der Waals surface area contributed by atoms with Crippen molar-refractivity contribution >= 4 is 50.5 Å². The van der Waals surface area contributed by atoms with Crippen LogP contribution in [0.25, 0.3) is 20.8 Å². The molecule has 0 atom stereocenters. The number of para-hydroxylation sites is 1. The number of carbonyl (C=O) groups excluding carboxylic acids is 1. The number of benzene rings is 3. The molecule has 0 spiro atoms. The summed E-state index contributed by atoms with van der Waals surface area (Å²) in [6, 6.07) is 19.1. The van der Waals surface area contributed by atoms with Gasteiger partial charge in [-0.05, 0) is 73.2 Å². The number of aryl methyl sites for hydroxylation is 1. The summed E-state index contributed by atoms with van der Waals surface area (Å²) in [6.45, 7) is 2.15. The van der Waals surface area contributed by atoms with Crippen LogP contribution in [0.4, 0.5) is 5.69 Å². The first-order valence-electron chi connectivity index (χ1n) is 9.55. The molecule has 0 fully saturated rings. The Kier molecular flexibility index (Phi) is 5.01. The van der Waals surface area contributed by atoms with E-state index in [1.54, 1.807) is 29.5 Å². The standard InChI is InChI=1S/C23H17N3O3S2/c1-13-10-15(22-24-17-4-2-3-5-20(17)31-22)6-8-16(13)25-23(30)26-21(27)14-7-9-18-19(11-14)29-12-28-18/h2-11H,12H2,1H3,(H2,25,26,27,30). The number of hydrogen-bond acceptors (Lipinski definition) is 6. The number of ether oxygens (including phenoxy) is 2. The lowest BCUT2D eigenvalue weighted by Crippen LogP contribution is -2.34. The Bertz CT molecular complexity index is 1300. The lowest BCUT2D eigenvalue weighted by Gasteiger charge is -2.12. The smallest absolute Gasteiger partial charge is 0.257 e. The fourth-order valence-electron chi connectivity index (χ4n) is 3.30. The van der Waals surface area contributed by atoms with Gasteiger partial charge in [0.15, 0.2) is 16.6 Å². The number of aromatic nitrogens is 1. The highest BCUT2D eigenvalue weighted by molar-refractivity contribution is 7.80. The van der Waals surface area contributed by atoms with Crippen LogP contribution in [0.2, 0.25) is 0 Å². The normalized spacial score (nSPS) is 12.0. The molecule has 1 aliphatic rings. The van der Waals surface area contributed by atoms with Crippen LogP contribution in [-0.4, -0.2) is 22.8 Å². The fraction of sp³-hybridized carbons (Fsp3) is 0.0870. The van der Waals surface area contributed by atoms with Crippen molar-refractivity contribution in [3.63, 3.8) is 0 Å². The largest absolute Gasteiger partial charge is 0.454 e. The van der Waals surface area contributed by atoms with Crippen molar-refractivity contribution in [1.82, 2.24) is 10.3 Å². The fourth-order valence-corrected chi connectivity index (χ4v) is 4.46. The number of nitrogens with zero attached hydrogens (tertiary/aromatic N) is 1. The summed E-state index contributed by atoms with van der Waals surface area (Å²) in [5.74, 6) is 0.855.